The minimum atomic E-state index is -0.757. The lowest BCUT2D eigenvalue weighted by Crippen LogP contribution is -2.37. The summed E-state index contributed by atoms with van der Waals surface area (Å²) < 4.78 is 0.712. The first kappa shape index (κ1) is 14.8. The highest BCUT2D eigenvalue weighted by Gasteiger charge is 2.30. The van der Waals surface area contributed by atoms with Crippen LogP contribution in [0.5, 0.6) is 0 Å². The van der Waals surface area contributed by atoms with Crippen LogP contribution < -0.4 is 11.1 Å². The highest BCUT2D eigenvalue weighted by molar-refractivity contribution is 9.10. The van der Waals surface area contributed by atoms with Gasteiger partial charge in [-0.25, -0.2) is 0 Å². The number of rotatable bonds is 4. The summed E-state index contributed by atoms with van der Waals surface area (Å²) in [6.07, 6.45) is 3.51. The number of hydrogen-bond donors (Lipinski definition) is 3. The van der Waals surface area contributed by atoms with E-state index in [1.807, 2.05) is 0 Å². The van der Waals surface area contributed by atoms with E-state index in [4.69, 9.17) is 5.73 Å². The van der Waals surface area contributed by atoms with Gasteiger partial charge in [0.15, 0.2) is 0 Å². The maximum absolute atomic E-state index is 11.3. The highest BCUT2D eigenvalue weighted by atomic mass is 79.9. The summed E-state index contributed by atoms with van der Waals surface area (Å²) in [5.74, 6) is -1.61. The third kappa shape index (κ3) is 3.30. The van der Waals surface area contributed by atoms with Gasteiger partial charge in [-0.3, -0.25) is 9.59 Å². The standard InChI is InChI=1S/C14H17BrN2O3/c15-10-7-8(13(16)18)5-6-12(10)17-11-4-2-1-3-9(11)14(19)20/h5-7,9,11,17H,1-4H2,(H2,16,18)(H,19,20). The Balaban J connectivity index is 2.16. The van der Waals surface area contributed by atoms with E-state index in [0.29, 0.717) is 16.5 Å². The molecule has 6 heteroatoms. The molecule has 5 nitrogen and oxygen atoms in total. The first-order chi connectivity index (χ1) is 9.49. The average Bonchev–Trinajstić information content (AvgIpc) is 2.41. The van der Waals surface area contributed by atoms with Crippen LogP contribution >= 0.6 is 15.9 Å². The fourth-order valence-electron chi connectivity index (χ4n) is 2.58. The van der Waals surface area contributed by atoms with Crippen molar-refractivity contribution >= 4 is 33.5 Å². The predicted molar refractivity (Wildman–Crippen MR) is 79.7 cm³/mol. The monoisotopic (exact) mass is 340 g/mol. The number of amides is 1. The first-order valence-corrected chi connectivity index (χ1v) is 7.37. The van der Waals surface area contributed by atoms with Crippen LogP contribution in [0.4, 0.5) is 5.69 Å². The summed E-state index contributed by atoms with van der Waals surface area (Å²) in [7, 11) is 0. The highest BCUT2D eigenvalue weighted by Crippen LogP contribution is 2.31. The summed E-state index contributed by atoms with van der Waals surface area (Å²) in [6.45, 7) is 0. The Morgan fingerprint density at radius 3 is 2.60 bits per heavy atom. The normalized spacial score (nSPS) is 22.2. The Bertz CT molecular complexity index is 533. The van der Waals surface area contributed by atoms with E-state index in [2.05, 4.69) is 21.2 Å². The third-order valence-corrected chi connectivity index (χ3v) is 4.33. The van der Waals surface area contributed by atoms with E-state index in [1.165, 1.54) is 0 Å². The summed E-state index contributed by atoms with van der Waals surface area (Å²) in [6, 6.07) is 4.94. The van der Waals surface area contributed by atoms with Crippen molar-refractivity contribution < 1.29 is 14.7 Å². The topological polar surface area (TPSA) is 92.4 Å². The van der Waals surface area contributed by atoms with Crippen LogP contribution in [0, 0.1) is 5.92 Å². The second-order valence-corrected chi connectivity index (χ2v) is 5.89. The van der Waals surface area contributed by atoms with Crippen molar-refractivity contribution in [2.24, 2.45) is 11.7 Å². The molecule has 0 bridgehead atoms. The molecule has 4 N–H and O–H groups in total. The van der Waals surface area contributed by atoms with Gasteiger partial charge in [-0.05, 0) is 47.0 Å². The number of carbonyl (C=O) groups excluding carboxylic acids is 1. The molecule has 0 aliphatic heterocycles. The molecule has 0 spiro atoms. The predicted octanol–water partition coefficient (Wildman–Crippen LogP) is 2.60. The summed E-state index contributed by atoms with van der Waals surface area (Å²) in [4.78, 5) is 22.4. The van der Waals surface area contributed by atoms with Crippen molar-refractivity contribution in [3.8, 4) is 0 Å². The number of carboxylic acid groups (broad SMARTS) is 1. The van der Waals surface area contributed by atoms with E-state index < -0.39 is 11.9 Å². The molecule has 1 aliphatic carbocycles. The Morgan fingerprint density at radius 2 is 2.00 bits per heavy atom. The summed E-state index contributed by atoms with van der Waals surface area (Å²) in [5, 5.41) is 12.5. The van der Waals surface area contributed by atoms with Crippen LogP contribution in [0.1, 0.15) is 36.0 Å². The quantitative estimate of drug-likeness (QED) is 0.785. The minimum absolute atomic E-state index is 0.0861. The fraction of sp³-hybridized carbons (Fsp3) is 0.429. The third-order valence-electron chi connectivity index (χ3n) is 3.68. The Hall–Kier alpha value is -1.56. The molecule has 1 aromatic carbocycles. The van der Waals surface area contributed by atoms with Crippen LogP contribution in [0.25, 0.3) is 0 Å². The van der Waals surface area contributed by atoms with E-state index in [1.54, 1.807) is 18.2 Å². The van der Waals surface area contributed by atoms with Gasteiger partial charge in [0.1, 0.15) is 0 Å². The van der Waals surface area contributed by atoms with Crippen LogP contribution in [-0.4, -0.2) is 23.0 Å². The zero-order chi connectivity index (χ0) is 14.7. The minimum Gasteiger partial charge on any atom is -0.481 e. The van der Waals surface area contributed by atoms with Gasteiger partial charge in [-0.2, -0.15) is 0 Å². The second-order valence-electron chi connectivity index (χ2n) is 5.04. The smallest absolute Gasteiger partial charge is 0.308 e. The first-order valence-electron chi connectivity index (χ1n) is 6.57. The van der Waals surface area contributed by atoms with Crippen molar-refractivity contribution in [3.63, 3.8) is 0 Å². The zero-order valence-corrected chi connectivity index (χ0v) is 12.5. The lowest BCUT2D eigenvalue weighted by molar-refractivity contribution is -0.143. The molecule has 0 aromatic heterocycles. The van der Waals surface area contributed by atoms with Gasteiger partial charge in [0.2, 0.25) is 5.91 Å². The fourth-order valence-corrected chi connectivity index (χ4v) is 3.08. The Kier molecular flexibility index (Phi) is 4.65. The molecule has 0 radical (unpaired) electrons. The van der Waals surface area contributed by atoms with Crippen LogP contribution in [0.15, 0.2) is 22.7 Å². The number of halogens is 1. The Morgan fingerprint density at radius 1 is 1.30 bits per heavy atom. The molecule has 1 aliphatic rings. The largest absolute Gasteiger partial charge is 0.481 e. The lowest BCUT2D eigenvalue weighted by atomic mass is 9.84. The van der Waals surface area contributed by atoms with E-state index in [-0.39, 0.29) is 12.0 Å². The van der Waals surface area contributed by atoms with Crippen LogP contribution in [0.3, 0.4) is 0 Å². The molecule has 1 saturated carbocycles. The van der Waals surface area contributed by atoms with Gasteiger partial charge in [0, 0.05) is 21.8 Å². The van der Waals surface area contributed by atoms with Gasteiger partial charge in [-0.1, -0.05) is 12.8 Å². The van der Waals surface area contributed by atoms with Crippen LogP contribution in [-0.2, 0) is 4.79 Å². The number of hydrogen-bond acceptors (Lipinski definition) is 3. The molecule has 2 unspecified atom stereocenters. The molecular weight excluding hydrogens is 324 g/mol. The molecular formula is C14H17BrN2O3. The van der Waals surface area contributed by atoms with Gasteiger partial charge < -0.3 is 16.2 Å². The zero-order valence-electron chi connectivity index (χ0n) is 10.9. The van der Waals surface area contributed by atoms with E-state index in [9.17, 15) is 14.7 Å². The number of aliphatic carboxylic acids is 1. The van der Waals surface area contributed by atoms with Crippen molar-refractivity contribution in [1.29, 1.82) is 0 Å². The molecule has 20 heavy (non-hydrogen) atoms. The lowest BCUT2D eigenvalue weighted by Gasteiger charge is -2.30. The molecule has 1 fully saturated rings. The molecule has 1 amide bonds. The molecule has 108 valence electrons. The number of carboxylic acids is 1. The van der Waals surface area contributed by atoms with Gasteiger partial charge in [-0.15, -0.1) is 0 Å². The molecule has 1 aromatic rings. The van der Waals surface area contributed by atoms with E-state index >= 15 is 0 Å². The van der Waals surface area contributed by atoms with Crippen LogP contribution in [0.2, 0.25) is 0 Å². The molecule has 0 heterocycles. The molecule has 0 saturated heterocycles. The molecule has 2 atom stereocenters. The summed E-state index contributed by atoms with van der Waals surface area (Å²) in [5.41, 5.74) is 6.42. The van der Waals surface area contributed by atoms with Gasteiger partial charge >= 0.3 is 5.97 Å². The maximum Gasteiger partial charge on any atom is 0.308 e. The number of anilines is 1. The maximum atomic E-state index is 11.3. The van der Waals surface area contributed by atoms with Crippen molar-refractivity contribution in [2.75, 3.05) is 5.32 Å². The van der Waals surface area contributed by atoms with Crippen molar-refractivity contribution in [3.05, 3.63) is 28.2 Å². The number of nitrogens with one attached hydrogen (secondary N) is 1. The summed E-state index contributed by atoms with van der Waals surface area (Å²) >= 11 is 3.38. The number of nitrogens with two attached hydrogens (primary N) is 1. The van der Waals surface area contributed by atoms with Crippen molar-refractivity contribution in [1.82, 2.24) is 0 Å². The second kappa shape index (κ2) is 6.26. The van der Waals surface area contributed by atoms with Gasteiger partial charge in [0.05, 0.1) is 5.92 Å². The van der Waals surface area contributed by atoms with E-state index in [0.717, 1.165) is 24.9 Å². The molecule has 2 rings (SSSR count). The number of carbonyl (C=O) groups is 2. The Labute approximate surface area is 125 Å². The number of benzene rings is 1. The number of primary amides is 1. The average molecular weight is 341 g/mol. The van der Waals surface area contributed by atoms with Crippen molar-refractivity contribution in [2.45, 2.75) is 31.7 Å². The SMILES string of the molecule is NC(=O)c1ccc(NC2CCCCC2C(=O)O)c(Br)c1. The van der Waals surface area contributed by atoms with Gasteiger partial charge in [0.25, 0.3) is 0 Å².